The maximum atomic E-state index is 5.37. The molecule has 0 aliphatic carbocycles. The molecule has 3 aromatic rings. The number of hydrogen-bond acceptors (Lipinski definition) is 3. The molecule has 0 atom stereocenters. The van der Waals surface area contributed by atoms with Gasteiger partial charge in [-0.05, 0) is 37.3 Å². The largest absolute Gasteiger partial charge is 0.467 e. The van der Waals surface area contributed by atoms with Gasteiger partial charge in [0.2, 0.25) is 0 Å². The van der Waals surface area contributed by atoms with E-state index in [4.69, 9.17) is 16.6 Å². The molecule has 0 bridgehead atoms. The summed E-state index contributed by atoms with van der Waals surface area (Å²) in [5.41, 5.74) is 2.23. The highest BCUT2D eigenvalue weighted by atomic mass is 32.1. The van der Waals surface area contributed by atoms with Crippen LogP contribution in [0.15, 0.2) is 47.1 Å². The zero-order valence-electron chi connectivity index (χ0n) is 10.5. The Hall–Kier alpha value is -2.14. The first-order valence-corrected chi connectivity index (χ1v) is 6.39. The summed E-state index contributed by atoms with van der Waals surface area (Å²) in [6.45, 7) is 2.63. The molecule has 0 spiro atoms. The minimum absolute atomic E-state index is 0.575. The van der Waals surface area contributed by atoms with Gasteiger partial charge in [-0.2, -0.15) is 5.10 Å². The molecule has 0 aliphatic heterocycles. The Morgan fingerprint density at radius 2 is 2.21 bits per heavy atom. The molecular formula is C14H13N3OS. The summed E-state index contributed by atoms with van der Waals surface area (Å²) >= 11 is 5.28. The summed E-state index contributed by atoms with van der Waals surface area (Å²) in [6, 6.07) is 12.0. The first-order chi connectivity index (χ1) is 9.24. The van der Waals surface area contributed by atoms with E-state index in [1.165, 1.54) is 5.56 Å². The van der Waals surface area contributed by atoms with Crippen molar-refractivity contribution >= 4 is 12.2 Å². The van der Waals surface area contributed by atoms with Gasteiger partial charge in [0.15, 0.2) is 10.6 Å². The number of aryl methyl sites for hydroxylation is 1. The van der Waals surface area contributed by atoms with Crippen molar-refractivity contribution in [1.82, 2.24) is 14.8 Å². The maximum absolute atomic E-state index is 5.37. The van der Waals surface area contributed by atoms with Crippen molar-refractivity contribution in [3.63, 3.8) is 0 Å². The van der Waals surface area contributed by atoms with Gasteiger partial charge in [0.25, 0.3) is 0 Å². The van der Waals surface area contributed by atoms with Crippen LogP contribution in [0.1, 0.15) is 11.3 Å². The molecule has 0 aliphatic rings. The first-order valence-electron chi connectivity index (χ1n) is 5.98. The minimum Gasteiger partial charge on any atom is -0.467 e. The number of benzene rings is 1. The highest BCUT2D eigenvalue weighted by molar-refractivity contribution is 7.71. The van der Waals surface area contributed by atoms with Crippen LogP contribution in [-0.2, 0) is 6.54 Å². The van der Waals surface area contributed by atoms with Crippen molar-refractivity contribution in [2.24, 2.45) is 0 Å². The summed E-state index contributed by atoms with van der Waals surface area (Å²) in [4.78, 5) is 0. The fourth-order valence-electron chi connectivity index (χ4n) is 2.03. The van der Waals surface area contributed by atoms with Crippen LogP contribution in [0.4, 0.5) is 0 Å². The van der Waals surface area contributed by atoms with Crippen LogP contribution in [0.3, 0.4) is 0 Å². The van der Waals surface area contributed by atoms with Crippen LogP contribution in [0, 0.1) is 11.7 Å². The number of nitrogens with zero attached hydrogens (tertiary/aromatic N) is 2. The lowest BCUT2D eigenvalue weighted by atomic mass is 10.1. The molecule has 0 unspecified atom stereocenters. The van der Waals surface area contributed by atoms with Crippen LogP contribution >= 0.6 is 12.2 Å². The fourth-order valence-corrected chi connectivity index (χ4v) is 2.22. The van der Waals surface area contributed by atoms with E-state index in [0.717, 1.165) is 17.1 Å². The van der Waals surface area contributed by atoms with E-state index in [9.17, 15) is 0 Å². The molecule has 0 fully saturated rings. The second-order valence-electron chi connectivity index (χ2n) is 4.39. The fraction of sp³-hybridized carbons (Fsp3) is 0.143. The highest BCUT2D eigenvalue weighted by Crippen LogP contribution is 2.19. The molecule has 2 heterocycles. The molecule has 1 N–H and O–H groups in total. The Bertz CT molecular complexity index is 740. The van der Waals surface area contributed by atoms with Crippen LogP contribution < -0.4 is 0 Å². The predicted octanol–water partition coefficient (Wildman–Crippen LogP) is 3.56. The van der Waals surface area contributed by atoms with Crippen molar-refractivity contribution < 1.29 is 4.42 Å². The van der Waals surface area contributed by atoms with Gasteiger partial charge >= 0.3 is 0 Å². The number of furan rings is 1. The number of H-pyrrole nitrogens is 1. The minimum atomic E-state index is 0.575. The summed E-state index contributed by atoms with van der Waals surface area (Å²) in [5.74, 6) is 1.68. The van der Waals surface area contributed by atoms with Gasteiger partial charge in [-0.25, -0.2) is 0 Å². The number of aromatic amines is 1. The second kappa shape index (κ2) is 4.85. The van der Waals surface area contributed by atoms with Gasteiger partial charge in [0, 0.05) is 5.56 Å². The normalized spacial score (nSPS) is 10.8. The van der Waals surface area contributed by atoms with Gasteiger partial charge in [-0.3, -0.25) is 9.67 Å². The van der Waals surface area contributed by atoms with Crippen LogP contribution in [-0.4, -0.2) is 14.8 Å². The average molecular weight is 271 g/mol. The Morgan fingerprint density at radius 1 is 1.32 bits per heavy atom. The lowest BCUT2D eigenvalue weighted by molar-refractivity contribution is 0.493. The van der Waals surface area contributed by atoms with Crippen LogP contribution in [0.25, 0.3) is 11.4 Å². The number of nitrogens with one attached hydrogen (secondary N) is 1. The molecule has 2 aromatic heterocycles. The van der Waals surface area contributed by atoms with Crippen LogP contribution in [0.2, 0.25) is 0 Å². The monoisotopic (exact) mass is 271 g/mol. The quantitative estimate of drug-likeness (QED) is 0.741. The Kier molecular flexibility index (Phi) is 3.05. The molecule has 3 rings (SSSR count). The molecule has 19 heavy (non-hydrogen) atoms. The summed E-state index contributed by atoms with van der Waals surface area (Å²) < 4.78 is 7.89. The molecule has 96 valence electrons. The van der Waals surface area contributed by atoms with E-state index < -0.39 is 0 Å². The van der Waals surface area contributed by atoms with E-state index >= 15 is 0 Å². The first kappa shape index (κ1) is 11.9. The zero-order chi connectivity index (χ0) is 13.2. The van der Waals surface area contributed by atoms with Gasteiger partial charge in [-0.1, -0.05) is 23.8 Å². The number of hydrogen-bond donors (Lipinski definition) is 1. The van der Waals surface area contributed by atoms with Crippen molar-refractivity contribution in [1.29, 1.82) is 0 Å². The molecule has 0 amide bonds. The third-order valence-electron chi connectivity index (χ3n) is 2.93. The highest BCUT2D eigenvalue weighted by Gasteiger charge is 2.10. The van der Waals surface area contributed by atoms with Gasteiger partial charge in [-0.15, -0.1) is 0 Å². The Labute approximate surface area is 115 Å². The van der Waals surface area contributed by atoms with E-state index in [1.54, 1.807) is 6.26 Å². The van der Waals surface area contributed by atoms with Gasteiger partial charge in [0.1, 0.15) is 5.76 Å². The molecule has 0 saturated heterocycles. The maximum Gasteiger partial charge on any atom is 0.195 e. The van der Waals surface area contributed by atoms with Crippen LogP contribution in [0.5, 0.6) is 0 Å². The van der Waals surface area contributed by atoms with Gasteiger partial charge < -0.3 is 4.42 Å². The molecule has 0 radical (unpaired) electrons. The predicted molar refractivity (Wildman–Crippen MR) is 75.4 cm³/mol. The summed E-state index contributed by atoms with van der Waals surface area (Å²) in [7, 11) is 0. The zero-order valence-corrected chi connectivity index (χ0v) is 11.3. The van der Waals surface area contributed by atoms with E-state index in [2.05, 4.69) is 29.3 Å². The number of rotatable bonds is 3. The van der Waals surface area contributed by atoms with Crippen molar-refractivity contribution in [3.8, 4) is 11.4 Å². The van der Waals surface area contributed by atoms with Gasteiger partial charge in [0.05, 0.1) is 12.8 Å². The molecular weight excluding hydrogens is 258 g/mol. The van der Waals surface area contributed by atoms with E-state index in [1.807, 2.05) is 28.8 Å². The van der Waals surface area contributed by atoms with Crippen molar-refractivity contribution in [2.75, 3.05) is 0 Å². The third-order valence-corrected chi connectivity index (χ3v) is 3.24. The smallest absolute Gasteiger partial charge is 0.195 e. The molecule has 0 saturated carbocycles. The van der Waals surface area contributed by atoms with E-state index in [-0.39, 0.29) is 0 Å². The lowest BCUT2D eigenvalue weighted by Crippen LogP contribution is -2.01. The molecule has 1 aromatic carbocycles. The lowest BCUT2D eigenvalue weighted by Gasteiger charge is -2.05. The third kappa shape index (κ3) is 2.37. The van der Waals surface area contributed by atoms with Crippen molar-refractivity contribution in [2.45, 2.75) is 13.5 Å². The Balaban J connectivity index is 2.06. The van der Waals surface area contributed by atoms with Crippen molar-refractivity contribution in [3.05, 3.63) is 58.8 Å². The summed E-state index contributed by atoms with van der Waals surface area (Å²) in [5, 5.41) is 7.15. The summed E-state index contributed by atoms with van der Waals surface area (Å²) in [6.07, 6.45) is 1.66. The van der Waals surface area contributed by atoms with E-state index in [0.29, 0.717) is 11.3 Å². The SMILES string of the molecule is Cc1cccc(-c2n[nH]c(=S)n2Cc2ccco2)c1. The Morgan fingerprint density at radius 3 is 2.95 bits per heavy atom. The average Bonchev–Trinajstić information content (AvgIpc) is 3.01. The standard InChI is InChI=1S/C14H13N3OS/c1-10-4-2-5-11(8-10)13-15-16-14(19)17(13)9-12-6-3-7-18-12/h2-8H,9H2,1H3,(H,16,19). The second-order valence-corrected chi connectivity index (χ2v) is 4.77. The molecule has 5 heteroatoms. The molecule has 4 nitrogen and oxygen atoms in total. The number of aromatic nitrogens is 3. The topological polar surface area (TPSA) is 46.8 Å².